The highest BCUT2D eigenvalue weighted by Gasteiger charge is 2.42. The molecule has 0 unspecified atom stereocenters. The van der Waals surface area contributed by atoms with Gasteiger partial charge in [0.15, 0.2) is 0 Å². The molecule has 0 radical (unpaired) electrons. The minimum absolute atomic E-state index is 0.608. The molecule has 0 spiro atoms. The molecule has 19 heavy (non-hydrogen) atoms. The summed E-state index contributed by atoms with van der Waals surface area (Å²) in [5, 5.41) is 11.3. The van der Waals surface area contributed by atoms with Crippen molar-refractivity contribution in [2.45, 2.75) is 37.5 Å². The fourth-order valence-corrected chi connectivity index (χ4v) is 3.55. The van der Waals surface area contributed by atoms with E-state index in [1.165, 1.54) is 0 Å². The van der Waals surface area contributed by atoms with Crippen molar-refractivity contribution in [2.75, 3.05) is 0 Å². The minimum Gasteiger partial charge on any atom is -0.481 e. The van der Waals surface area contributed by atoms with Crippen LogP contribution in [0.4, 0.5) is 0 Å². The van der Waals surface area contributed by atoms with Crippen LogP contribution in [0.2, 0.25) is 5.02 Å². The van der Waals surface area contributed by atoms with E-state index in [4.69, 9.17) is 11.6 Å². The molecular formula is C15H16ClNO2. The van der Waals surface area contributed by atoms with Gasteiger partial charge in [0, 0.05) is 17.1 Å². The molecule has 0 atom stereocenters. The molecule has 1 fully saturated rings. The van der Waals surface area contributed by atoms with E-state index >= 15 is 0 Å². The summed E-state index contributed by atoms with van der Waals surface area (Å²) >= 11 is 6.24. The predicted octanol–water partition coefficient (Wildman–Crippen LogP) is 4.11. The molecule has 0 saturated heterocycles. The van der Waals surface area contributed by atoms with Crippen LogP contribution in [0.5, 0.6) is 0 Å². The highest BCUT2D eigenvalue weighted by Crippen LogP contribution is 2.44. The van der Waals surface area contributed by atoms with Gasteiger partial charge in [0.25, 0.3) is 0 Å². The van der Waals surface area contributed by atoms with Crippen molar-refractivity contribution >= 4 is 28.5 Å². The maximum Gasteiger partial charge on any atom is 0.314 e. The van der Waals surface area contributed by atoms with Gasteiger partial charge in [-0.2, -0.15) is 0 Å². The second-order valence-corrected chi connectivity index (χ2v) is 5.72. The molecule has 4 heteroatoms. The van der Waals surface area contributed by atoms with Gasteiger partial charge in [0.05, 0.1) is 10.4 Å². The lowest BCUT2D eigenvalue weighted by atomic mass is 9.68. The van der Waals surface area contributed by atoms with Gasteiger partial charge < -0.3 is 10.1 Å². The summed E-state index contributed by atoms with van der Waals surface area (Å²) in [6.45, 7) is 0. The van der Waals surface area contributed by atoms with Gasteiger partial charge in [-0.3, -0.25) is 4.79 Å². The SMILES string of the molecule is O=C(O)C1(c2cccc3[nH]cc(Cl)c23)CCCCC1. The van der Waals surface area contributed by atoms with Crippen molar-refractivity contribution in [1.82, 2.24) is 4.98 Å². The van der Waals surface area contributed by atoms with Crippen LogP contribution in [0.1, 0.15) is 37.7 Å². The van der Waals surface area contributed by atoms with Crippen LogP contribution >= 0.6 is 11.6 Å². The Labute approximate surface area is 116 Å². The van der Waals surface area contributed by atoms with Crippen molar-refractivity contribution < 1.29 is 9.90 Å². The van der Waals surface area contributed by atoms with Crippen LogP contribution in [0.25, 0.3) is 10.9 Å². The van der Waals surface area contributed by atoms with Gasteiger partial charge in [-0.15, -0.1) is 0 Å². The Morgan fingerprint density at radius 2 is 2.00 bits per heavy atom. The molecule has 1 aliphatic rings. The molecule has 1 aromatic carbocycles. The Kier molecular flexibility index (Phi) is 3.02. The molecule has 0 aliphatic heterocycles. The number of carboxylic acids is 1. The Morgan fingerprint density at radius 1 is 1.26 bits per heavy atom. The smallest absolute Gasteiger partial charge is 0.314 e. The summed E-state index contributed by atoms with van der Waals surface area (Å²) in [7, 11) is 0. The first kappa shape index (κ1) is 12.5. The zero-order valence-electron chi connectivity index (χ0n) is 10.6. The molecule has 0 bridgehead atoms. The van der Waals surface area contributed by atoms with Gasteiger partial charge in [0.2, 0.25) is 0 Å². The number of aromatic amines is 1. The van der Waals surface area contributed by atoms with Crippen LogP contribution in [-0.4, -0.2) is 16.1 Å². The quantitative estimate of drug-likeness (QED) is 0.868. The highest BCUT2D eigenvalue weighted by molar-refractivity contribution is 6.36. The highest BCUT2D eigenvalue weighted by atomic mass is 35.5. The van der Waals surface area contributed by atoms with Gasteiger partial charge in [-0.05, 0) is 24.5 Å². The number of nitrogens with one attached hydrogen (secondary N) is 1. The minimum atomic E-state index is -0.774. The molecule has 1 heterocycles. The zero-order valence-corrected chi connectivity index (χ0v) is 11.3. The first-order chi connectivity index (χ1) is 9.15. The zero-order chi connectivity index (χ0) is 13.5. The lowest BCUT2D eigenvalue weighted by Gasteiger charge is -2.34. The lowest BCUT2D eigenvalue weighted by Crippen LogP contribution is -2.38. The van der Waals surface area contributed by atoms with E-state index in [-0.39, 0.29) is 0 Å². The lowest BCUT2D eigenvalue weighted by molar-refractivity contribution is -0.145. The first-order valence-corrected chi connectivity index (χ1v) is 7.02. The number of hydrogen-bond donors (Lipinski definition) is 2. The maximum absolute atomic E-state index is 11.9. The molecule has 2 aromatic rings. The van der Waals surface area contributed by atoms with Crippen molar-refractivity contribution in [2.24, 2.45) is 0 Å². The Bertz CT molecular complexity index is 626. The number of benzene rings is 1. The number of fused-ring (bicyclic) bond motifs is 1. The number of H-pyrrole nitrogens is 1. The third kappa shape index (κ3) is 1.84. The van der Waals surface area contributed by atoms with Crippen LogP contribution in [0.3, 0.4) is 0 Å². The molecule has 2 N–H and O–H groups in total. The summed E-state index contributed by atoms with van der Waals surface area (Å²) in [5.41, 5.74) is 1.00. The number of carbonyl (C=O) groups is 1. The topological polar surface area (TPSA) is 53.1 Å². The molecule has 1 saturated carbocycles. The van der Waals surface area contributed by atoms with Crippen LogP contribution in [0.15, 0.2) is 24.4 Å². The van der Waals surface area contributed by atoms with Gasteiger partial charge in [0.1, 0.15) is 0 Å². The third-order valence-corrected chi connectivity index (χ3v) is 4.59. The van der Waals surface area contributed by atoms with Crippen molar-refractivity contribution in [3.8, 4) is 0 Å². The van der Waals surface area contributed by atoms with Crippen molar-refractivity contribution in [3.63, 3.8) is 0 Å². The summed E-state index contributed by atoms with van der Waals surface area (Å²) in [4.78, 5) is 15.0. The summed E-state index contributed by atoms with van der Waals surface area (Å²) in [5.74, 6) is -0.725. The molecule has 3 rings (SSSR count). The first-order valence-electron chi connectivity index (χ1n) is 6.65. The van der Waals surface area contributed by atoms with Crippen LogP contribution in [0, 0.1) is 0 Å². The molecule has 3 nitrogen and oxygen atoms in total. The Hall–Kier alpha value is -1.48. The van der Waals surface area contributed by atoms with Gasteiger partial charge >= 0.3 is 5.97 Å². The molecule has 1 aromatic heterocycles. The molecule has 0 amide bonds. The van der Waals surface area contributed by atoms with E-state index in [9.17, 15) is 9.90 Å². The predicted molar refractivity (Wildman–Crippen MR) is 75.7 cm³/mol. The molecule has 100 valence electrons. The van der Waals surface area contributed by atoms with Gasteiger partial charge in [-0.25, -0.2) is 0 Å². The number of hydrogen-bond acceptors (Lipinski definition) is 1. The van der Waals surface area contributed by atoms with E-state index < -0.39 is 11.4 Å². The van der Waals surface area contributed by atoms with E-state index in [0.717, 1.165) is 35.7 Å². The Morgan fingerprint density at radius 3 is 2.68 bits per heavy atom. The molecular weight excluding hydrogens is 262 g/mol. The number of carboxylic acid groups (broad SMARTS) is 1. The van der Waals surface area contributed by atoms with Crippen molar-refractivity contribution in [3.05, 3.63) is 35.0 Å². The van der Waals surface area contributed by atoms with E-state index in [1.54, 1.807) is 6.20 Å². The van der Waals surface area contributed by atoms with E-state index in [2.05, 4.69) is 4.98 Å². The fraction of sp³-hybridized carbons (Fsp3) is 0.400. The molecule has 1 aliphatic carbocycles. The van der Waals surface area contributed by atoms with Crippen molar-refractivity contribution in [1.29, 1.82) is 0 Å². The van der Waals surface area contributed by atoms with E-state index in [0.29, 0.717) is 17.9 Å². The third-order valence-electron chi connectivity index (χ3n) is 4.29. The summed E-state index contributed by atoms with van der Waals surface area (Å²) < 4.78 is 0. The largest absolute Gasteiger partial charge is 0.481 e. The monoisotopic (exact) mass is 277 g/mol. The normalized spacial score (nSPS) is 18.6. The fourth-order valence-electron chi connectivity index (χ4n) is 3.30. The summed E-state index contributed by atoms with van der Waals surface area (Å²) in [6.07, 6.45) is 6.17. The second kappa shape index (κ2) is 4.57. The maximum atomic E-state index is 11.9. The average Bonchev–Trinajstić information content (AvgIpc) is 2.81. The van der Waals surface area contributed by atoms with Crippen LogP contribution in [-0.2, 0) is 10.2 Å². The number of aromatic nitrogens is 1. The number of rotatable bonds is 2. The average molecular weight is 278 g/mol. The number of halogens is 1. The second-order valence-electron chi connectivity index (χ2n) is 5.31. The van der Waals surface area contributed by atoms with Crippen LogP contribution < -0.4 is 0 Å². The Balaban J connectivity index is 2.26. The van der Waals surface area contributed by atoms with Gasteiger partial charge in [-0.1, -0.05) is 43.0 Å². The van der Waals surface area contributed by atoms with E-state index in [1.807, 2.05) is 18.2 Å². The summed E-state index contributed by atoms with van der Waals surface area (Å²) in [6, 6.07) is 5.76. The number of aliphatic carboxylic acids is 1. The standard InChI is InChI=1S/C15H16ClNO2/c16-11-9-17-12-6-4-5-10(13(11)12)15(14(18)19)7-2-1-3-8-15/h4-6,9,17H,1-3,7-8H2,(H,18,19).